The molecule has 0 aliphatic carbocycles. The standard InChI is InChI=1S/C17H14N6O3/c1-20-10-19-8-12(20)9-22(17(26)21-7-6-18-11-21)23-15(24)13-4-2-3-5-14(13)16(23)25/h2-8,10-11H,9H2,1H3. The first kappa shape index (κ1) is 15.8. The summed E-state index contributed by atoms with van der Waals surface area (Å²) in [5.74, 6) is -1.08. The predicted molar refractivity (Wildman–Crippen MR) is 88.7 cm³/mol. The Kier molecular flexibility index (Phi) is 3.61. The number of amides is 3. The third kappa shape index (κ3) is 2.37. The molecule has 3 amide bonds. The molecule has 0 N–H and O–H groups in total. The molecule has 0 unspecified atom stereocenters. The van der Waals surface area contributed by atoms with Crippen LogP contribution >= 0.6 is 0 Å². The molecule has 0 spiro atoms. The minimum Gasteiger partial charge on any atom is -0.336 e. The van der Waals surface area contributed by atoms with Crippen LogP contribution in [-0.2, 0) is 13.6 Å². The number of imide groups is 1. The number of hydrogen-bond acceptors (Lipinski definition) is 5. The van der Waals surface area contributed by atoms with E-state index in [1.807, 2.05) is 0 Å². The summed E-state index contributed by atoms with van der Waals surface area (Å²) in [5, 5.41) is 1.98. The molecule has 0 atom stereocenters. The molecule has 2 aromatic heterocycles. The Labute approximate surface area is 148 Å². The van der Waals surface area contributed by atoms with E-state index < -0.39 is 17.8 Å². The molecule has 1 aliphatic heterocycles. The zero-order valence-corrected chi connectivity index (χ0v) is 13.8. The fraction of sp³-hybridized carbons (Fsp3) is 0.118. The summed E-state index contributed by atoms with van der Waals surface area (Å²) in [6, 6.07) is 5.92. The van der Waals surface area contributed by atoms with Crippen LogP contribution < -0.4 is 0 Å². The van der Waals surface area contributed by atoms with Crippen LogP contribution in [0.15, 0.2) is 55.5 Å². The fourth-order valence-electron chi connectivity index (χ4n) is 2.82. The van der Waals surface area contributed by atoms with E-state index in [0.717, 1.165) is 10.0 Å². The number of imidazole rings is 2. The molecule has 3 aromatic rings. The Morgan fingerprint density at radius 1 is 1.08 bits per heavy atom. The minimum atomic E-state index is -0.571. The lowest BCUT2D eigenvalue weighted by molar-refractivity contribution is 0.0149. The first-order valence-electron chi connectivity index (χ1n) is 7.80. The topological polar surface area (TPSA) is 93.3 Å². The van der Waals surface area contributed by atoms with Gasteiger partial charge in [-0.25, -0.2) is 19.8 Å². The van der Waals surface area contributed by atoms with Crippen molar-refractivity contribution in [3.05, 3.63) is 72.3 Å². The van der Waals surface area contributed by atoms with Gasteiger partial charge in [0.25, 0.3) is 11.8 Å². The number of carbonyl (C=O) groups excluding carboxylic acids is 3. The number of aromatic nitrogens is 4. The molecule has 3 heterocycles. The zero-order valence-electron chi connectivity index (χ0n) is 13.8. The Balaban J connectivity index is 1.76. The Bertz CT molecular complexity index is 972. The van der Waals surface area contributed by atoms with Crippen LogP contribution in [0.25, 0.3) is 0 Å². The van der Waals surface area contributed by atoms with Crippen LogP contribution in [0.3, 0.4) is 0 Å². The average Bonchev–Trinajstić information content (AvgIpc) is 3.36. The summed E-state index contributed by atoms with van der Waals surface area (Å²) < 4.78 is 2.92. The maximum absolute atomic E-state index is 12.9. The lowest BCUT2D eigenvalue weighted by atomic mass is 10.1. The first-order chi connectivity index (χ1) is 12.6. The van der Waals surface area contributed by atoms with Gasteiger partial charge in [-0.15, -0.1) is 0 Å². The SMILES string of the molecule is Cn1cncc1CN(C(=O)n1ccnc1)N1C(=O)c2ccccc2C1=O. The quantitative estimate of drug-likeness (QED) is 0.664. The second-order valence-corrected chi connectivity index (χ2v) is 5.77. The molecule has 9 heteroatoms. The molecule has 0 fully saturated rings. The number of aryl methyl sites for hydroxylation is 1. The molecule has 1 aliphatic rings. The molecular weight excluding hydrogens is 336 g/mol. The highest BCUT2D eigenvalue weighted by Crippen LogP contribution is 2.25. The van der Waals surface area contributed by atoms with E-state index in [4.69, 9.17) is 0 Å². The highest BCUT2D eigenvalue weighted by atomic mass is 16.2. The number of benzene rings is 1. The zero-order chi connectivity index (χ0) is 18.3. The van der Waals surface area contributed by atoms with Crippen LogP contribution in [0.2, 0.25) is 0 Å². The number of fused-ring (bicyclic) bond motifs is 1. The molecule has 9 nitrogen and oxygen atoms in total. The number of hydrogen-bond donors (Lipinski definition) is 0. The van der Waals surface area contributed by atoms with Crippen molar-refractivity contribution in [2.75, 3.05) is 0 Å². The van der Waals surface area contributed by atoms with Gasteiger partial charge in [-0.05, 0) is 12.1 Å². The largest absolute Gasteiger partial charge is 0.349 e. The van der Waals surface area contributed by atoms with E-state index in [9.17, 15) is 14.4 Å². The summed E-state index contributed by atoms with van der Waals surface area (Å²) in [7, 11) is 1.77. The molecule has 26 heavy (non-hydrogen) atoms. The van der Waals surface area contributed by atoms with Gasteiger partial charge < -0.3 is 4.57 Å². The van der Waals surface area contributed by atoms with Crippen molar-refractivity contribution >= 4 is 17.8 Å². The van der Waals surface area contributed by atoms with Crippen LogP contribution in [0.1, 0.15) is 26.4 Å². The first-order valence-corrected chi connectivity index (χ1v) is 7.80. The molecule has 0 radical (unpaired) electrons. The third-order valence-electron chi connectivity index (χ3n) is 4.19. The van der Waals surface area contributed by atoms with E-state index in [-0.39, 0.29) is 17.7 Å². The Morgan fingerprint density at radius 2 is 1.77 bits per heavy atom. The molecular formula is C17H14N6O3. The van der Waals surface area contributed by atoms with Gasteiger partial charge in [0.2, 0.25) is 0 Å². The van der Waals surface area contributed by atoms with Crippen molar-refractivity contribution in [3.63, 3.8) is 0 Å². The highest BCUT2D eigenvalue weighted by Gasteiger charge is 2.41. The minimum absolute atomic E-state index is 0.00101. The van der Waals surface area contributed by atoms with Crippen LogP contribution in [-0.4, -0.2) is 47.0 Å². The summed E-state index contributed by atoms with van der Waals surface area (Å²) in [6.45, 7) is -0.00101. The average molecular weight is 350 g/mol. The van der Waals surface area contributed by atoms with Crippen molar-refractivity contribution in [3.8, 4) is 0 Å². The third-order valence-corrected chi connectivity index (χ3v) is 4.19. The van der Waals surface area contributed by atoms with Crippen molar-refractivity contribution in [2.24, 2.45) is 7.05 Å². The van der Waals surface area contributed by atoms with Gasteiger partial charge in [-0.2, -0.15) is 5.01 Å². The van der Waals surface area contributed by atoms with Gasteiger partial charge in [0.05, 0.1) is 35.9 Å². The van der Waals surface area contributed by atoms with E-state index in [0.29, 0.717) is 5.69 Å². The lowest BCUT2D eigenvalue weighted by Gasteiger charge is -2.29. The lowest BCUT2D eigenvalue weighted by Crippen LogP contribution is -2.50. The summed E-state index contributed by atoms with van der Waals surface area (Å²) in [6.07, 6.45) is 7.37. The number of hydrazine groups is 1. The molecule has 4 rings (SSSR count). The highest BCUT2D eigenvalue weighted by molar-refractivity contribution is 6.21. The molecule has 0 saturated heterocycles. The van der Waals surface area contributed by atoms with Crippen molar-refractivity contribution in [1.82, 2.24) is 29.1 Å². The molecule has 0 saturated carbocycles. The van der Waals surface area contributed by atoms with Gasteiger partial charge in [0.15, 0.2) is 0 Å². The van der Waals surface area contributed by atoms with Gasteiger partial charge in [-0.3, -0.25) is 14.2 Å². The van der Waals surface area contributed by atoms with Gasteiger partial charge in [0.1, 0.15) is 6.33 Å². The Morgan fingerprint density at radius 3 is 2.31 bits per heavy atom. The number of rotatable bonds is 3. The second-order valence-electron chi connectivity index (χ2n) is 5.77. The maximum atomic E-state index is 12.9. The molecule has 0 bridgehead atoms. The van der Waals surface area contributed by atoms with Crippen LogP contribution in [0.5, 0.6) is 0 Å². The predicted octanol–water partition coefficient (Wildman–Crippen LogP) is 1.30. The summed E-state index contributed by atoms with van der Waals surface area (Å²) >= 11 is 0. The second kappa shape index (κ2) is 5.96. The van der Waals surface area contributed by atoms with Crippen molar-refractivity contribution < 1.29 is 14.4 Å². The van der Waals surface area contributed by atoms with Crippen molar-refractivity contribution in [1.29, 1.82) is 0 Å². The molecule has 1 aromatic carbocycles. The maximum Gasteiger partial charge on any atom is 0.349 e. The number of carbonyl (C=O) groups is 3. The van der Waals surface area contributed by atoms with E-state index in [1.54, 1.807) is 48.4 Å². The van der Waals surface area contributed by atoms with Gasteiger partial charge in [0, 0.05) is 19.4 Å². The summed E-state index contributed by atoms with van der Waals surface area (Å²) in [4.78, 5) is 46.4. The Hall–Kier alpha value is -3.75. The van der Waals surface area contributed by atoms with Gasteiger partial charge >= 0.3 is 6.03 Å². The van der Waals surface area contributed by atoms with Crippen LogP contribution in [0, 0.1) is 0 Å². The monoisotopic (exact) mass is 350 g/mol. The van der Waals surface area contributed by atoms with Crippen LogP contribution in [0.4, 0.5) is 4.79 Å². The van der Waals surface area contributed by atoms with Gasteiger partial charge in [-0.1, -0.05) is 12.1 Å². The molecule has 130 valence electrons. The normalized spacial score (nSPS) is 13.2. The smallest absolute Gasteiger partial charge is 0.336 e. The number of nitrogens with zero attached hydrogens (tertiary/aromatic N) is 6. The summed E-state index contributed by atoms with van der Waals surface area (Å²) in [5.41, 5.74) is 1.20. The fourth-order valence-corrected chi connectivity index (χ4v) is 2.82. The van der Waals surface area contributed by atoms with Crippen molar-refractivity contribution in [2.45, 2.75) is 6.54 Å². The van der Waals surface area contributed by atoms with E-state index >= 15 is 0 Å². The van der Waals surface area contributed by atoms with E-state index in [2.05, 4.69) is 9.97 Å². The van der Waals surface area contributed by atoms with E-state index in [1.165, 1.54) is 23.3 Å².